The van der Waals surface area contributed by atoms with Gasteiger partial charge in [0.15, 0.2) is 12.2 Å². The molecule has 0 N–H and O–H groups in total. The zero-order valence-corrected chi connectivity index (χ0v) is 18.5. The highest BCUT2D eigenvalue weighted by atomic mass is 16.5. The van der Waals surface area contributed by atoms with E-state index in [-0.39, 0.29) is 17.9 Å². The minimum atomic E-state index is -0.489. The number of hydrogen-bond donors (Lipinski definition) is 0. The Morgan fingerprint density at radius 1 is 1.00 bits per heavy atom. The molecule has 8 nitrogen and oxygen atoms in total. The number of carbonyl (C=O) groups excluding carboxylic acids is 2. The van der Waals surface area contributed by atoms with Gasteiger partial charge in [0.05, 0.1) is 0 Å². The second-order valence-electron chi connectivity index (χ2n) is 8.78. The molecule has 2 unspecified atom stereocenters. The van der Waals surface area contributed by atoms with Gasteiger partial charge in [-0.2, -0.15) is 0 Å². The summed E-state index contributed by atoms with van der Waals surface area (Å²) >= 11 is 0. The number of hydrogen-bond acceptors (Lipinski definition) is 6. The van der Waals surface area contributed by atoms with E-state index in [1.807, 2.05) is 73.3 Å². The number of ether oxygens (including phenoxy) is 1. The van der Waals surface area contributed by atoms with Crippen LogP contribution >= 0.6 is 0 Å². The van der Waals surface area contributed by atoms with Crippen molar-refractivity contribution in [3.05, 3.63) is 54.6 Å². The molecule has 5 rings (SSSR count). The second-order valence-corrected chi connectivity index (χ2v) is 8.78. The third kappa shape index (κ3) is 3.36. The maximum absolute atomic E-state index is 13.2. The van der Waals surface area contributed by atoms with E-state index in [0.29, 0.717) is 13.1 Å². The second kappa shape index (κ2) is 7.85. The van der Waals surface area contributed by atoms with E-state index >= 15 is 0 Å². The van der Waals surface area contributed by atoms with Crippen molar-refractivity contribution in [2.45, 2.75) is 26.1 Å². The lowest BCUT2D eigenvalue weighted by atomic mass is 10.1. The Hall–Kier alpha value is -3.55. The quantitative estimate of drug-likeness (QED) is 0.724. The zero-order chi connectivity index (χ0) is 22.4. The Morgan fingerprint density at radius 3 is 2.38 bits per heavy atom. The van der Waals surface area contributed by atoms with Crippen LogP contribution in [0, 0.1) is 5.92 Å². The summed E-state index contributed by atoms with van der Waals surface area (Å²) in [6.07, 6.45) is -0.489. The summed E-state index contributed by atoms with van der Waals surface area (Å²) in [5, 5.41) is 0. The van der Waals surface area contributed by atoms with E-state index in [2.05, 4.69) is 4.90 Å². The van der Waals surface area contributed by atoms with Crippen LogP contribution in [0.2, 0.25) is 0 Å². The molecule has 0 aromatic heterocycles. The number of rotatable bonds is 5. The van der Waals surface area contributed by atoms with E-state index in [4.69, 9.17) is 9.73 Å². The monoisotopic (exact) mass is 433 g/mol. The molecule has 3 heterocycles. The van der Waals surface area contributed by atoms with Crippen molar-refractivity contribution in [3.8, 4) is 11.5 Å². The van der Waals surface area contributed by atoms with Crippen molar-refractivity contribution in [1.29, 1.82) is 0 Å². The van der Waals surface area contributed by atoms with Crippen LogP contribution in [0.15, 0.2) is 59.6 Å². The number of guanidine groups is 1. The van der Waals surface area contributed by atoms with E-state index in [9.17, 15) is 9.59 Å². The maximum atomic E-state index is 13.2. The Balaban J connectivity index is 1.36. The molecule has 2 aromatic rings. The molecule has 3 aliphatic rings. The summed E-state index contributed by atoms with van der Waals surface area (Å²) in [5.41, 5.74) is 0.978. The molecule has 0 bridgehead atoms. The van der Waals surface area contributed by atoms with Crippen LogP contribution < -0.4 is 9.64 Å². The van der Waals surface area contributed by atoms with Gasteiger partial charge in [0, 0.05) is 32.4 Å². The van der Waals surface area contributed by atoms with Crippen LogP contribution in [0.1, 0.15) is 13.8 Å². The molecule has 2 saturated heterocycles. The molecule has 2 aromatic carbocycles. The van der Waals surface area contributed by atoms with Crippen LogP contribution in [0.4, 0.5) is 10.5 Å². The number of benzene rings is 2. The number of carbonyl (C=O) groups is 2. The number of anilines is 1. The highest BCUT2D eigenvalue weighted by Crippen LogP contribution is 2.34. The van der Waals surface area contributed by atoms with Crippen molar-refractivity contribution >= 4 is 23.6 Å². The third-order valence-electron chi connectivity index (χ3n) is 6.05. The molecule has 3 aliphatic heterocycles. The largest absolute Gasteiger partial charge is 0.457 e. The smallest absolute Gasteiger partial charge is 0.328 e. The number of urea groups is 1. The molecular formula is C24H27N5O3. The van der Waals surface area contributed by atoms with Crippen molar-refractivity contribution in [3.63, 3.8) is 0 Å². The zero-order valence-electron chi connectivity index (χ0n) is 18.5. The fourth-order valence-corrected chi connectivity index (χ4v) is 4.53. The Bertz CT molecular complexity index is 1050. The van der Waals surface area contributed by atoms with Gasteiger partial charge in [0.25, 0.3) is 5.91 Å². The number of imide groups is 1. The topological polar surface area (TPSA) is 68.7 Å². The minimum Gasteiger partial charge on any atom is -0.457 e. The molecule has 0 spiro atoms. The van der Waals surface area contributed by atoms with Crippen LogP contribution in [0.25, 0.3) is 0 Å². The van der Waals surface area contributed by atoms with Gasteiger partial charge in [-0.25, -0.2) is 9.79 Å². The van der Waals surface area contributed by atoms with Crippen molar-refractivity contribution in [2.75, 3.05) is 31.6 Å². The minimum absolute atomic E-state index is 0.154. The van der Waals surface area contributed by atoms with Crippen LogP contribution in [-0.2, 0) is 4.79 Å². The highest BCUT2D eigenvalue weighted by Gasteiger charge is 2.54. The molecular weight excluding hydrogens is 406 g/mol. The fraction of sp³-hybridized carbons (Fsp3) is 0.375. The van der Waals surface area contributed by atoms with Crippen molar-refractivity contribution in [2.24, 2.45) is 10.9 Å². The van der Waals surface area contributed by atoms with Crippen molar-refractivity contribution < 1.29 is 14.3 Å². The number of amides is 3. The number of fused-ring (bicyclic) bond motifs is 3. The average molecular weight is 434 g/mol. The molecule has 32 heavy (non-hydrogen) atoms. The van der Waals surface area contributed by atoms with Gasteiger partial charge in [0.2, 0.25) is 5.96 Å². The predicted octanol–water partition coefficient (Wildman–Crippen LogP) is 3.22. The lowest BCUT2D eigenvalue weighted by molar-refractivity contribution is -0.137. The summed E-state index contributed by atoms with van der Waals surface area (Å²) in [5.74, 6) is 2.34. The molecule has 8 heteroatoms. The van der Waals surface area contributed by atoms with Gasteiger partial charge in [0.1, 0.15) is 11.5 Å². The lowest BCUT2D eigenvalue weighted by Crippen LogP contribution is -2.65. The number of likely N-dealkylation sites (N-methyl/N-ethyl adjacent to an activating group) is 1. The van der Waals surface area contributed by atoms with Gasteiger partial charge in [-0.15, -0.1) is 0 Å². The molecule has 2 atom stereocenters. The first-order chi connectivity index (χ1) is 15.4. The SMILES string of the molecule is CC(C)CN1C(=O)C2C(N=C3N(c4ccc(Oc5ccccc5)cc4)CCN32)N(C)C1=O. The van der Waals surface area contributed by atoms with Crippen LogP contribution in [-0.4, -0.2) is 71.5 Å². The maximum Gasteiger partial charge on any atom is 0.328 e. The van der Waals surface area contributed by atoms with Gasteiger partial charge >= 0.3 is 6.03 Å². The predicted molar refractivity (Wildman–Crippen MR) is 122 cm³/mol. The molecule has 166 valence electrons. The normalized spacial score (nSPS) is 22.4. The first kappa shape index (κ1) is 20.4. The molecule has 3 amide bonds. The molecule has 0 aliphatic carbocycles. The van der Waals surface area contributed by atoms with Gasteiger partial charge < -0.3 is 19.4 Å². The Morgan fingerprint density at radius 2 is 1.69 bits per heavy atom. The average Bonchev–Trinajstić information content (AvgIpc) is 3.36. The summed E-state index contributed by atoms with van der Waals surface area (Å²) in [6.45, 7) is 5.85. The lowest BCUT2D eigenvalue weighted by Gasteiger charge is -2.41. The Kier molecular flexibility index (Phi) is 5.00. The number of para-hydroxylation sites is 1. The molecule has 0 radical (unpaired) electrons. The first-order valence-electron chi connectivity index (χ1n) is 11.0. The van der Waals surface area contributed by atoms with Crippen LogP contribution in [0.3, 0.4) is 0 Å². The van der Waals surface area contributed by atoms with Crippen LogP contribution in [0.5, 0.6) is 11.5 Å². The summed E-state index contributed by atoms with van der Waals surface area (Å²) in [6, 6.07) is 16.8. The van der Waals surface area contributed by atoms with Gasteiger partial charge in [-0.05, 0) is 42.3 Å². The molecule has 2 fully saturated rings. The first-order valence-corrected chi connectivity index (χ1v) is 11.0. The van der Waals surface area contributed by atoms with Gasteiger partial charge in [-0.3, -0.25) is 9.69 Å². The fourth-order valence-electron chi connectivity index (χ4n) is 4.53. The summed E-state index contributed by atoms with van der Waals surface area (Å²) in [7, 11) is 1.73. The van der Waals surface area contributed by atoms with Gasteiger partial charge in [-0.1, -0.05) is 32.0 Å². The third-order valence-corrected chi connectivity index (χ3v) is 6.05. The number of aliphatic imine (C=N–C) groups is 1. The van der Waals surface area contributed by atoms with E-state index < -0.39 is 12.2 Å². The molecule has 0 saturated carbocycles. The highest BCUT2D eigenvalue weighted by molar-refractivity contribution is 6.08. The summed E-state index contributed by atoms with van der Waals surface area (Å²) < 4.78 is 5.89. The van der Waals surface area contributed by atoms with E-state index in [1.165, 1.54) is 4.90 Å². The Labute approximate surface area is 187 Å². The van der Waals surface area contributed by atoms with Crippen molar-refractivity contribution in [1.82, 2.24) is 14.7 Å². The van der Waals surface area contributed by atoms with E-state index in [0.717, 1.165) is 29.7 Å². The summed E-state index contributed by atoms with van der Waals surface area (Å²) in [4.78, 5) is 37.9. The standard InChI is InChI=1S/C24H27N5O3/c1-16(2)15-29-22(30)20-21(26(3)24(29)31)25-23-27(13-14-28(20)23)17-9-11-19(12-10-17)32-18-7-5-4-6-8-18/h4-12,16,20-21H,13-15H2,1-3H3. The number of nitrogens with zero attached hydrogens (tertiary/aromatic N) is 5. The van der Waals surface area contributed by atoms with E-state index in [1.54, 1.807) is 11.9 Å².